The van der Waals surface area contributed by atoms with Crippen LogP contribution < -0.4 is 10.1 Å². The second kappa shape index (κ2) is 9.55. The number of benzene rings is 1. The third kappa shape index (κ3) is 6.76. The lowest BCUT2D eigenvalue weighted by Crippen LogP contribution is -2.35. The van der Waals surface area contributed by atoms with Crippen LogP contribution in [0, 0.1) is 0 Å². The van der Waals surface area contributed by atoms with Gasteiger partial charge in [0, 0.05) is 18.2 Å². The van der Waals surface area contributed by atoms with E-state index in [0.29, 0.717) is 12.6 Å². The van der Waals surface area contributed by atoms with Crippen molar-refractivity contribution in [2.75, 3.05) is 19.8 Å². The molecule has 1 aromatic rings. The first-order valence-electron chi connectivity index (χ1n) is 7.50. The summed E-state index contributed by atoms with van der Waals surface area (Å²) in [5.74, 6) is 0.723. The molecule has 0 saturated carbocycles. The van der Waals surface area contributed by atoms with E-state index in [1.165, 1.54) is 0 Å². The van der Waals surface area contributed by atoms with Crippen LogP contribution in [0.5, 0.6) is 5.75 Å². The Morgan fingerprint density at radius 1 is 1.33 bits per heavy atom. The minimum absolute atomic E-state index is 0.0474. The average Bonchev–Trinajstić information content (AvgIpc) is 2.49. The van der Waals surface area contributed by atoms with E-state index >= 15 is 0 Å². The quantitative estimate of drug-likeness (QED) is 0.653. The number of ether oxygens (including phenoxy) is 1. The zero-order valence-corrected chi connectivity index (χ0v) is 13.2. The lowest BCUT2D eigenvalue weighted by Gasteiger charge is -2.16. The van der Waals surface area contributed by atoms with Gasteiger partial charge in [-0.3, -0.25) is 0 Å². The topological polar surface area (TPSA) is 61.7 Å². The van der Waals surface area contributed by atoms with Crippen LogP contribution in [0.4, 0.5) is 0 Å². The van der Waals surface area contributed by atoms with Crippen molar-refractivity contribution in [2.24, 2.45) is 0 Å². The molecule has 0 saturated heterocycles. The molecule has 0 heterocycles. The minimum Gasteiger partial charge on any atom is -0.490 e. The molecule has 4 nitrogen and oxygen atoms in total. The standard InChI is InChI=1S/C17H27NO3/c1-4-14(11-19)9-15-7-5-6-8-17(15)21-12-16(20)10-18-13(2)3/h5-9,13,16,18-20H,4,10-12H2,1-3H3. The maximum absolute atomic E-state index is 9.88. The normalized spacial score (nSPS) is 13.5. The Labute approximate surface area is 127 Å². The largest absolute Gasteiger partial charge is 0.490 e. The van der Waals surface area contributed by atoms with Crippen LogP contribution in [-0.2, 0) is 0 Å². The van der Waals surface area contributed by atoms with Crippen LogP contribution >= 0.6 is 0 Å². The fourth-order valence-corrected chi connectivity index (χ4v) is 1.83. The van der Waals surface area contributed by atoms with Gasteiger partial charge in [0.1, 0.15) is 18.5 Å². The lowest BCUT2D eigenvalue weighted by atomic mass is 10.1. The van der Waals surface area contributed by atoms with E-state index in [1.807, 2.05) is 51.1 Å². The average molecular weight is 293 g/mol. The highest BCUT2D eigenvalue weighted by atomic mass is 16.5. The fourth-order valence-electron chi connectivity index (χ4n) is 1.83. The van der Waals surface area contributed by atoms with Gasteiger partial charge in [0.25, 0.3) is 0 Å². The van der Waals surface area contributed by atoms with Gasteiger partial charge in [-0.15, -0.1) is 0 Å². The molecule has 0 fully saturated rings. The Balaban J connectivity index is 2.65. The van der Waals surface area contributed by atoms with Crippen molar-refractivity contribution < 1.29 is 14.9 Å². The van der Waals surface area contributed by atoms with Crippen LogP contribution in [0.2, 0.25) is 0 Å². The number of aliphatic hydroxyl groups is 2. The number of hydrogen-bond donors (Lipinski definition) is 3. The molecular formula is C17H27NO3. The molecule has 0 aromatic heterocycles. The van der Waals surface area contributed by atoms with Gasteiger partial charge < -0.3 is 20.3 Å². The van der Waals surface area contributed by atoms with Crippen molar-refractivity contribution in [2.45, 2.75) is 39.3 Å². The van der Waals surface area contributed by atoms with E-state index in [2.05, 4.69) is 5.32 Å². The first-order chi connectivity index (χ1) is 10.1. The highest BCUT2D eigenvalue weighted by molar-refractivity contribution is 5.59. The van der Waals surface area contributed by atoms with Crippen LogP contribution in [0.15, 0.2) is 29.8 Å². The molecule has 1 aromatic carbocycles. The molecule has 0 aliphatic heterocycles. The molecular weight excluding hydrogens is 266 g/mol. The summed E-state index contributed by atoms with van der Waals surface area (Å²) in [6, 6.07) is 7.99. The second-order valence-electron chi connectivity index (χ2n) is 5.38. The summed E-state index contributed by atoms with van der Waals surface area (Å²) in [6.45, 7) is 6.87. The van der Waals surface area contributed by atoms with Crippen LogP contribution in [0.3, 0.4) is 0 Å². The van der Waals surface area contributed by atoms with Gasteiger partial charge in [-0.05, 0) is 24.1 Å². The fraction of sp³-hybridized carbons (Fsp3) is 0.529. The Morgan fingerprint density at radius 3 is 2.67 bits per heavy atom. The van der Waals surface area contributed by atoms with Crippen molar-refractivity contribution in [3.05, 3.63) is 35.4 Å². The maximum atomic E-state index is 9.88. The predicted octanol–water partition coefficient (Wildman–Crippen LogP) is 2.21. The summed E-state index contributed by atoms with van der Waals surface area (Å²) in [6.07, 6.45) is 2.19. The monoisotopic (exact) mass is 293 g/mol. The molecule has 1 unspecified atom stereocenters. The van der Waals surface area contributed by atoms with E-state index in [4.69, 9.17) is 4.74 Å². The van der Waals surface area contributed by atoms with E-state index in [1.54, 1.807) is 0 Å². The summed E-state index contributed by atoms with van der Waals surface area (Å²) in [5.41, 5.74) is 1.88. The first-order valence-corrected chi connectivity index (χ1v) is 7.50. The molecule has 1 atom stereocenters. The van der Waals surface area contributed by atoms with Crippen molar-refractivity contribution in [3.63, 3.8) is 0 Å². The Kier molecular flexibility index (Phi) is 8.05. The molecule has 0 aliphatic carbocycles. The van der Waals surface area contributed by atoms with Gasteiger partial charge in [0.05, 0.1) is 6.61 Å². The minimum atomic E-state index is -0.548. The van der Waals surface area contributed by atoms with Gasteiger partial charge in [0.2, 0.25) is 0 Å². The van der Waals surface area contributed by atoms with Crippen molar-refractivity contribution in [3.8, 4) is 5.75 Å². The third-order valence-corrected chi connectivity index (χ3v) is 3.13. The third-order valence-electron chi connectivity index (χ3n) is 3.13. The molecule has 118 valence electrons. The summed E-state index contributed by atoms with van der Waals surface area (Å²) in [5, 5.41) is 22.3. The summed E-state index contributed by atoms with van der Waals surface area (Å²) >= 11 is 0. The molecule has 0 radical (unpaired) electrons. The van der Waals surface area contributed by atoms with Gasteiger partial charge >= 0.3 is 0 Å². The molecule has 21 heavy (non-hydrogen) atoms. The highest BCUT2D eigenvalue weighted by Gasteiger charge is 2.08. The molecule has 3 N–H and O–H groups in total. The molecule has 0 spiro atoms. The summed E-state index contributed by atoms with van der Waals surface area (Å²) in [7, 11) is 0. The number of hydrogen-bond acceptors (Lipinski definition) is 4. The Bertz CT molecular complexity index is 437. The van der Waals surface area contributed by atoms with Gasteiger partial charge in [-0.2, -0.15) is 0 Å². The van der Waals surface area contributed by atoms with E-state index in [0.717, 1.165) is 23.3 Å². The van der Waals surface area contributed by atoms with Gasteiger partial charge in [-0.1, -0.05) is 39.0 Å². The smallest absolute Gasteiger partial charge is 0.126 e. The lowest BCUT2D eigenvalue weighted by molar-refractivity contribution is 0.104. The number of rotatable bonds is 9. The first kappa shape index (κ1) is 17.7. The van der Waals surface area contributed by atoms with E-state index in [9.17, 15) is 10.2 Å². The van der Waals surface area contributed by atoms with Crippen LogP contribution in [0.1, 0.15) is 32.8 Å². The molecule has 0 amide bonds. The Hall–Kier alpha value is -1.36. The molecule has 0 bridgehead atoms. The highest BCUT2D eigenvalue weighted by Crippen LogP contribution is 2.21. The van der Waals surface area contributed by atoms with E-state index < -0.39 is 6.10 Å². The van der Waals surface area contributed by atoms with Gasteiger partial charge in [-0.25, -0.2) is 0 Å². The summed E-state index contributed by atoms with van der Waals surface area (Å²) in [4.78, 5) is 0. The van der Waals surface area contributed by atoms with Gasteiger partial charge in [0.15, 0.2) is 0 Å². The van der Waals surface area contributed by atoms with Crippen LogP contribution in [-0.4, -0.2) is 42.1 Å². The van der Waals surface area contributed by atoms with E-state index in [-0.39, 0.29) is 13.2 Å². The second-order valence-corrected chi connectivity index (χ2v) is 5.38. The molecule has 0 aliphatic rings. The number of aliphatic hydroxyl groups excluding tert-OH is 2. The Morgan fingerprint density at radius 2 is 2.05 bits per heavy atom. The van der Waals surface area contributed by atoms with Crippen molar-refractivity contribution >= 4 is 6.08 Å². The zero-order chi connectivity index (χ0) is 15.7. The van der Waals surface area contributed by atoms with Crippen molar-refractivity contribution in [1.29, 1.82) is 0 Å². The zero-order valence-electron chi connectivity index (χ0n) is 13.2. The van der Waals surface area contributed by atoms with Crippen LogP contribution in [0.25, 0.3) is 6.08 Å². The molecule has 1 rings (SSSR count). The predicted molar refractivity (Wildman–Crippen MR) is 86.4 cm³/mol. The van der Waals surface area contributed by atoms with Crippen molar-refractivity contribution in [1.82, 2.24) is 5.32 Å². The summed E-state index contributed by atoms with van der Waals surface area (Å²) < 4.78 is 5.70. The number of nitrogens with one attached hydrogen (secondary N) is 1. The number of para-hydroxylation sites is 1. The SMILES string of the molecule is CCC(=Cc1ccccc1OCC(O)CNC(C)C)CO. The maximum Gasteiger partial charge on any atom is 0.126 e. The molecule has 4 heteroatoms.